The lowest BCUT2D eigenvalue weighted by atomic mass is 9.71. The predicted octanol–water partition coefficient (Wildman–Crippen LogP) is 2.37. The van der Waals surface area contributed by atoms with Crippen LogP contribution >= 0.6 is 0 Å². The van der Waals surface area contributed by atoms with Crippen LogP contribution in [0.2, 0.25) is 0 Å². The van der Waals surface area contributed by atoms with E-state index < -0.39 is 0 Å². The maximum absolute atomic E-state index is 4.58. The van der Waals surface area contributed by atoms with E-state index in [2.05, 4.69) is 66.3 Å². The third kappa shape index (κ3) is 2.27. The monoisotopic (exact) mass is 269 g/mol. The molecule has 1 fully saturated rings. The van der Waals surface area contributed by atoms with Gasteiger partial charge >= 0.3 is 0 Å². The minimum atomic E-state index is 0.241. The van der Waals surface area contributed by atoms with E-state index in [9.17, 15) is 0 Å². The standard InChI is InChI=1S/C17H23N3/c1-4-15-9-16(20(3)19-15)10-17(11-18-12-17)14-7-5-6-13(2)8-14/h5-9,18H,4,10-12H2,1-3H3. The number of aromatic nitrogens is 2. The van der Waals surface area contributed by atoms with E-state index >= 15 is 0 Å². The Bertz CT molecular complexity index is 608. The molecule has 0 radical (unpaired) electrons. The van der Waals surface area contributed by atoms with Crippen LogP contribution in [0.3, 0.4) is 0 Å². The van der Waals surface area contributed by atoms with Crippen molar-refractivity contribution in [1.29, 1.82) is 0 Å². The van der Waals surface area contributed by atoms with Crippen molar-refractivity contribution >= 4 is 0 Å². The number of rotatable bonds is 4. The molecule has 0 amide bonds. The number of aryl methyl sites for hydroxylation is 3. The molecule has 20 heavy (non-hydrogen) atoms. The van der Waals surface area contributed by atoms with Gasteiger partial charge in [0.2, 0.25) is 0 Å². The first kappa shape index (κ1) is 13.4. The summed E-state index contributed by atoms with van der Waals surface area (Å²) < 4.78 is 2.05. The van der Waals surface area contributed by atoms with Crippen molar-refractivity contribution in [2.24, 2.45) is 7.05 Å². The van der Waals surface area contributed by atoms with Crippen LogP contribution in [0.5, 0.6) is 0 Å². The zero-order valence-electron chi connectivity index (χ0n) is 12.6. The second-order valence-corrected chi connectivity index (χ2v) is 6.03. The zero-order chi connectivity index (χ0) is 14.2. The lowest BCUT2D eigenvalue weighted by molar-refractivity contribution is 0.269. The summed E-state index contributed by atoms with van der Waals surface area (Å²) in [5.74, 6) is 0. The maximum atomic E-state index is 4.58. The Kier molecular flexibility index (Phi) is 3.38. The smallest absolute Gasteiger partial charge is 0.0624 e. The van der Waals surface area contributed by atoms with Crippen LogP contribution in [-0.4, -0.2) is 22.9 Å². The summed E-state index contributed by atoms with van der Waals surface area (Å²) in [4.78, 5) is 0. The molecule has 0 atom stereocenters. The highest BCUT2D eigenvalue weighted by atomic mass is 15.3. The molecule has 1 aliphatic rings. The van der Waals surface area contributed by atoms with Crippen LogP contribution in [0.1, 0.15) is 29.4 Å². The lowest BCUT2D eigenvalue weighted by Gasteiger charge is -2.43. The van der Waals surface area contributed by atoms with Gasteiger partial charge in [0.05, 0.1) is 5.69 Å². The van der Waals surface area contributed by atoms with Gasteiger partial charge in [0.15, 0.2) is 0 Å². The molecule has 1 saturated heterocycles. The summed E-state index contributed by atoms with van der Waals surface area (Å²) in [6.07, 6.45) is 2.07. The van der Waals surface area contributed by atoms with E-state index in [0.29, 0.717) is 0 Å². The topological polar surface area (TPSA) is 29.9 Å². The van der Waals surface area contributed by atoms with E-state index in [-0.39, 0.29) is 5.41 Å². The van der Waals surface area contributed by atoms with Crippen molar-refractivity contribution in [2.75, 3.05) is 13.1 Å². The Labute approximate surface area is 121 Å². The lowest BCUT2D eigenvalue weighted by Crippen LogP contribution is -2.58. The van der Waals surface area contributed by atoms with Gasteiger partial charge in [-0.05, 0) is 25.0 Å². The molecule has 1 aliphatic heterocycles. The number of hydrogen-bond donors (Lipinski definition) is 1. The molecule has 106 valence electrons. The average Bonchev–Trinajstić information content (AvgIpc) is 2.74. The normalized spacial score (nSPS) is 16.9. The Hall–Kier alpha value is -1.61. The van der Waals surface area contributed by atoms with Gasteiger partial charge in [0, 0.05) is 37.7 Å². The first-order valence-electron chi connectivity index (χ1n) is 7.43. The second kappa shape index (κ2) is 5.06. The number of benzene rings is 1. The molecule has 2 heterocycles. The molecule has 1 aromatic heterocycles. The Balaban J connectivity index is 1.91. The molecular formula is C17H23N3. The van der Waals surface area contributed by atoms with Gasteiger partial charge < -0.3 is 5.32 Å². The first-order valence-corrected chi connectivity index (χ1v) is 7.43. The van der Waals surface area contributed by atoms with Crippen LogP contribution in [-0.2, 0) is 25.3 Å². The summed E-state index contributed by atoms with van der Waals surface area (Å²) in [5.41, 5.74) is 5.56. The van der Waals surface area contributed by atoms with Crippen molar-refractivity contribution < 1.29 is 0 Å². The van der Waals surface area contributed by atoms with Gasteiger partial charge in [-0.2, -0.15) is 5.10 Å². The number of hydrogen-bond acceptors (Lipinski definition) is 2. The Morgan fingerprint density at radius 1 is 1.30 bits per heavy atom. The summed E-state index contributed by atoms with van der Waals surface area (Å²) in [6.45, 7) is 6.45. The summed E-state index contributed by atoms with van der Waals surface area (Å²) >= 11 is 0. The Morgan fingerprint density at radius 2 is 2.10 bits per heavy atom. The maximum Gasteiger partial charge on any atom is 0.0624 e. The van der Waals surface area contributed by atoms with Crippen molar-refractivity contribution in [1.82, 2.24) is 15.1 Å². The third-order valence-corrected chi connectivity index (χ3v) is 4.47. The SMILES string of the molecule is CCc1cc(CC2(c3cccc(C)c3)CNC2)n(C)n1. The van der Waals surface area contributed by atoms with Gasteiger partial charge in [-0.3, -0.25) is 4.68 Å². The highest BCUT2D eigenvalue weighted by molar-refractivity contribution is 5.35. The van der Waals surface area contributed by atoms with Crippen molar-refractivity contribution in [3.8, 4) is 0 Å². The van der Waals surface area contributed by atoms with E-state index in [0.717, 1.165) is 25.9 Å². The fourth-order valence-corrected chi connectivity index (χ4v) is 3.09. The van der Waals surface area contributed by atoms with E-state index in [4.69, 9.17) is 0 Å². The van der Waals surface area contributed by atoms with Crippen molar-refractivity contribution in [3.05, 3.63) is 52.8 Å². The van der Waals surface area contributed by atoms with Crippen LogP contribution in [0, 0.1) is 6.92 Å². The average molecular weight is 269 g/mol. The molecule has 3 heteroatoms. The van der Waals surface area contributed by atoms with Gasteiger partial charge in [-0.25, -0.2) is 0 Å². The van der Waals surface area contributed by atoms with Crippen LogP contribution in [0.15, 0.2) is 30.3 Å². The van der Waals surface area contributed by atoms with Gasteiger partial charge in [-0.15, -0.1) is 0 Å². The molecule has 1 N–H and O–H groups in total. The summed E-state index contributed by atoms with van der Waals surface area (Å²) in [5, 5.41) is 8.03. The number of nitrogens with zero attached hydrogens (tertiary/aromatic N) is 2. The van der Waals surface area contributed by atoms with Gasteiger partial charge in [0.25, 0.3) is 0 Å². The molecule has 0 saturated carbocycles. The fraction of sp³-hybridized carbons (Fsp3) is 0.471. The van der Waals surface area contributed by atoms with Gasteiger partial charge in [-0.1, -0.05) is 36.8 Å². The zero-order valence-corrected chi connectivity index (χ0v) is 12.6. The molecule has 0 bridgehead atoms. The van der Waals surface area contributed by atoms with Gasteiger partial charge in [0.1, 0.15) is 0 Å². The summed E-state index contributed by atoms with van der Waals surface area (Å²) in [7, 11) is 2.06. The molecular weight excluding hydrogens is 246 g/mol. The first-order chi connectivity index (χ1) is 9.63. The number of nitrogens with one attached hydrogen (secondary N) is 1. The molecule has 0 unspecified atom stereocenters. The molecule has 3 nitrogen and oxygen atoms in total. The summed E-state index contributed by atoms with van der Waals surface area (Å²) in [6, 6.07) is 11.2. The molecule has 2 aromatic rings. The second-order valence-electron chi connectivity index (χ2n) is 6.03. The van der Waals surface area contributed by atoms with Crippen molar-refractivity contribution in [3.63, 3.8) is 0 Å². The van der Waals surface area contributed by atoms with E-state index in [1.807, 2.05) is 0 Å². The third-order valence-electron chi connectivity index (χ3n) is 4.47. The Morgan fingerprint density at radius 3 is 2.65 bits per heavy atom. The van der Waals surface area contributed by atoms with E-state index in [1.165, 1.54) is 22.5 Å². The van der Waals surface area contributed by atoms with Crippen molar-refractivity contribution in [2.45, 2.75) is 32.1 Å². The quantitative estimate of drug-likeness (QED) is 0.923. The molecule has 0 aliphatic carbocycles. The minimum Gasteiger partial charge on any atom is -0.315 e. The van der Waals surface area contributed by atoms with E-state index in [1.54, 1.807) is 0 Å². The van der Waals surface area contributed by atoms with Crippen LogP contribution in [0.4, 0.5) is 0 Å². The molecule has 1 aromatic carbocycles. The molecule has 3 rings (SSSR count). The highest BCUT2D eigenvalue weighted by Crippen LogP contribution is 2.33. The highest BCUT2D eigenvalue weighted by Gasteiger charge is 2.39. The minimum absolute atomic E-state index is 0.241. The van der Waals surface area contributed by atoms with Crippen LogP contribution < -0.4 is 5.32 Å². The van der Waals surface area contributed by atoms with Crippen LogP contribution in [0.25, 0.3) is 0 Å². The largest absolute Gasteiger partial charge is 0.315 e. The fourth-order valence-electron chi connectivity index (χ4n) is 3.09. The predicted molar refractivity (Wildman–Crippen MR) is 82.0 cm³/mol. The molecule has 0 spiro atoms.